The predicted octanol–water partition coefficient (Wildman–Crippen LogP) is 3.64. The first kappa shape index (κ1) is 15.7. The number of nitrogen functional groups attached to an aromatic ring is 1. The molecule has 0 amide bonds. The second kappa shape index (κ2) is 6.41. The smallest absolute Gasteiger partial charge is 0.396 e. The van der Waals surface area contributed by atoms with Crippen molar-refractivity contribution < 1.29 is 18.0 Å². The van der Waals surface area contributed by atoms with Gasteiger partial charge in [0, 0.05) is 0 Å². The summed E-state index contributed by atoms with van der Waals surface area (Å²) in [7, 11) is -3.42. The van der Waals surface area contributed by atoms with Crippen LogP contribution in [0.4, 0.5) is 5.13 Å². The zero-order valence-corrected chi connectivity index (χ0v) is 14.3. The van der Waals surface area contributed by atoms with Crippen molar-refractivity contribution in [2.24, 2.45) is 0 Å². The van der Waals surface area contributed by atoms with E-state index in [1.54, 1.807) is 26.0 Å². The number of furan rings is 1. The van der Waals surface area contributed by atoms with E-state index in [1.807, 2.05) is 0 Å². The molecule has 9 heteroatoms. The molecule has 0 bridgehead atoms. The van der Waals surface area contributed by atoms with Gasteiger partial charge in [-0.15, -0.1) is 0 Å². The zero-order chi connectivity index (χ0) is 14.8. The molecular weight excluding hydrogens is 367 g/mol. The van der Waals surface area contributed by atoms with E-state index < -0.39 is 7.60 Å². The number of nitrogens with zero attached hydrogens (tertiary/aromatic N) is 1. The molecule has 2 rings (SSSR count). The zero-order valence-electron chi connectivity index (χ0n) is 11.0. The van der Waals surface area contributed by atoms with Gasteiger partial charge >= 0.3 is 7.60 Å². The largest absolute Gasteiger partial charge is 0.446 e. The predicted molar refractivity (Wildman–Crippen MR) is 82.4 cm³/mol. The number of halogens is 1. The lowest BCUT2D eigenvalue weighted by Crippen LogP contribution is -2.08. The van der Waals surface area contributed by atoms with E-state index in [1.165, 1.54) is 11.3 Å². The molecule has 0 spiro atoms. The van der Waals surface area contributed by atoms with Gasteiger partial charge in [-0.05, 0) is 41.9 Å². The molecule has 0 aromatic carbocycles. The maximum atomic E-state index is 12.6. The molecule has 0 fully saturated rings. The molecule has 0 radical (unpaired) electrons. The second-order valence-electron chi connectivity index (χ2n) is 3.65. The van der Waals surface area contributed by atoms with Crippen molar-refractivity contribution in [2.45, 2.75) is 13.8 Å². The highest BCUT2D eigenvalue weighted by atomic mass is 79.9. The van der Waals surface area contributed by atoms with Crippen molar-refractivity contribution in [2.75, 3.05) is 18.9 Å². The number of hydrogen-bond donors (Lipinski definition) is 1. The Labute approximate surface area is 129 Å². The van der Waals surface area contributed by atoms with Crippen LogP contribution in [0.3, 0.4) is 0 Å². The first-order chi connectivity index (χ1) is 9.50. The van der Waals surface area contributed by atoms with Gasteiger partial charge in [0.05, 0.1) is 13.2 Å². The molecule has 2 N–H and O–H groups in total. The van der Waals surface area contributed by atoms with E-state index in [0.717, 1.165) is 3.79 Å². The highest BCUT2D eigenvalue weighted by Gasteiger charge is 2.31. The Bertz CT molecular complexity index is 632. The minimum Gasteiger partial charge on any atom is -0.446 e. The molecule has 20 heavy (non-hydrogen) atoms. The molecule has 0 aliphatic rings. The summed E-state index contributed by atoms with van der Waals surface area (Å²) in [6, 6.07) is 3.24. The van der Waals surface area contributed by atoms with Gasteiger partial charge in [0.25, 0.3) is 0 Å². The van der Waals surface area contributed by atoms with Gasteiger partial charge in [0.15, 0.2) is 10.9 Å². The Balaban J connectivity index is 2.37. The molecule has 2 heterocycles. The average molecular weight is 381 g/mol. The first-order valence-corrected chi connectivity index (χ1v) is 9.07. The molecular formula is C11H14BrN2O4PS. The summed E-state index contributed by atoms with van der Waals surface area (Å²) >= 11 is 4.65. The van der Waals surface area contributed by atoms with E-state index in [4.69, 9.17) is 19.2 Å². The third kappa shape index (κ3) is 3.15. The van der Waals surface area contributed by atoms with Crippen molar-refractivity contribution in [3.05, 3.63) is 15.9 Å². The van der Waals surface area contributed by atoms with Gasteiger partial charge in [0.1, 0.15) is 9.48 Å². The Hall–Kier alpha value is -0.660. The Morgan fingerprint density at radius 1 is 1.40 bits per heavy atom. The fourth-order valence-electron chi connectivity index (χ4n) is 1.58. The van der Waals surface area contributed by atoms with Crippen LogP contribution in [0.15, 0.2) is 20.3 Å². The van der Waals surface area contributed by atoms with Crippen LogP contribution < -0.4 is 11.2 Å². The third-order valence-corrected chi connectivity index (χ3v) is 5.81. The Morgan fingerprint density at radius 2 is 2.05 bits per heavy atom. The van der Waals surface area contributed by atoms with E-state index in [0.29, 0.717) is 16.6 Å². The minimum absolute atomic E-state index is 0.162. The standard InChI is InChI=1S/C11H14BrN2O4PS/c1-3-16-19(15,17-4-2)8-6-5-7(18-8)9-10(12)20-11(13)14-9/h5-6H,3-4H2,1-2H3,(H2,13,14). The first-order valence-electron chi connectivity index (χ1n) is 5.91. The van der Waals surface area contributed by atoms with Gasteiger partial charge in [0.2, 0.25) is 5.50 Å². The molecule has 6 nitrogen and oxygen atoms in total. The van der Waals surface area contributed by atoms with E-state index in [9.17, 15) is 4.57 Å². The van der Waals surface area contributed by atoms with Crippen molar-refractivity contribution in [3.63, 3.8) is 0 Å². The third-order valence-electron chi connectivity index (χ3n) is 2.30. The van der Waals surface area contributed by atoms with Gasteiger partial charge in [-0.25, -0.2) is 4.98 Å². The summed E-state index contributed by atoms with van der Waals surface area (Å²) in [5, 5.41) is 0.419. The summed E-state index contributed by atoms with van der Waals surface area (Å²) in [5.41, 5.74) is 6.37. The maximum absolute atomic E-state index is 12.6. The molecule has 110 valence electrons. The van der Waals surface area contributed by atoms with Crippen LogP contribution in [-0.4, -0.2) is 18.2 Å². The Morgan fingerprint density at radius 3 is 2.55 bits per heavy atom. The lowest BCUT2D eigenvalue weighted by Gasteiger charge is -2.13. The Kier molecular flexibility index (Phi) is 5.04. The molecule has 0 saturated carbocycles. The van der Waals surface area contributed by atoms with Crippen LogP contribution >= 0.6 is 34.9 Å². The maximum Gasteiger partial charge on any atom is 0.396 e. The monoisotopic (exact) mass is 380 g/mol. The van der Waals surface area contributed by atoms with Crippen molar-refractivity contribution >= 4 is 45.5 Å². The number of aromatic nitrogens is 1. The number of thiazole rings is 1. The van der Waals surface area contributed by atoms with Gasteiger partial charge in [-0.1, -0.05) is 11.3 Å². The van der Waals surface area contributed by atoms with Gasteiger partial charge in [-0.2, -0.15) is 0 Å². The number of rotatable bonds is 6. The quantitative estimate of drug-likeness (QED) is 0.769. The normalized spacial score (nSPS) is 11.9. The molecule has 0 unspecified atom stereocenters. The molecule has 0 atom stereocenters. The summed E-state index contributed by atoms with van der Waals surface area (Å²) in [4.78, 5) is 4.15. The highest BCUT2D eigenvalue weighted by molar-refractivity contribution is 9.11. The van der Waals surface area contributed by atoms with Crippen LogP contribution in [0, 0.1) is 0 Å². The number of nitrogens with two attached hydrogens (primary N) is 1. The lowest BCUT2D eigenvalue weighted by atomic mass is 10.4. The van der Waals surface area contributed by atoms with Gasteiger partial charge < -0.3 is 19.2 Å². The SMILES string of the molecule is CCOP(=O)(OCC)c1ccc(-c2nc(N)sc2Br)o1. The summed E-state index contributed by atoms with van der Waals surface area (Å²) in [6.45, 7) is 4.02. The molecule has 0 aliphatic carbocycles. The van der Waals surface area contributed by atoms with Crippen LogP contribution in [-0.2, 0) is 13.6 Å². The van der Waals surface area contributed by atoms with Crippen molar-refractivity contribution in [1.29, 1.82) is 0 Å². The van der Waals surface area contributed by atoms with E-state index in [2.05, 4.69) is 20.9 Å². The van der Waals surface area contributed by atoms with Crippen LogP contribution in [0.25, 0.3) is 11.5 Å². The van der Waals surface area contributed by atoms with Crippen molar-refractivity contribution in [1.82, 2.24) is 4.98 Å². The molecule has 2 aromatic rings. The molecule has 2 aromatic heterocycles. The highest BCUT2D eigenvalue weighted by Crippen LogP contribution is 2.48. The fourth-order valence-corrected chi connectivity index (χ4v) is 4.40. The minimum atomic E-state index is -3.42. The van der Waals surface area contributed by atoms with Crippen molar-refractivity contribution in [3.8, 4) is 11.5 Å². The summed E-state index contributed by atoms with van der Waals surface area (Å²) in [6.07, 6.45) is 0. The van der Waals surface area contributed by atoms with E-state index >= 15 is 0 Å². The second-order valence-corrected chi connectivity index (χ2v) is 7.95. The van der Waals surface area contributed by atoms with Gasteiger partial charge in [-0.3, -0.25) is 4.57 Å². The van der Waals surface area contributed by atoms with E-state index in [-0.39, 0.29) is 18.7 Å². The van der Waals surface area contributed by atoms with Crippen LogP contribution in [0.2, 0.25) is 0 Å². The van der Waals surface area contributed by atoms with Crippen LogP contribution in [0.5, 0.6) is 0 Å². The summed E-state index contributed by atoms with van der Waals surface area (Å²) in [5.74, 6) is 0.458. The average Bonchev–Trinajstić information content (AvgIpc) is 2.96. The fraction of sp³-hybridized carbons (Fsp3) is 0.364. The molecule has 0 aliphatic heterocycles. The lowest BCUT2D eigenvalue weighted by molar-refractivity contribution is 0.225. The number of anilines is 1. The van der Waals surface area contributed by atoms with Crippen LogP contribution in [0.1, 0.15) is 13.8 Å². The summed E-state index contributed by atoms with van der Waals surface area (Å²) < 4.78 is 29.3. The topological polar surface area (TPSA) is 87.6 Å². The number of hydrogen-bond acceptors (Lipinski definition) is 7. The molecule has 0 saturated heterocycles.